The van der Waals surface area contributed by atoms with Gasteiger partial charge in [0.25, 0.3) is 0 Å². The fraction of sp³-hybridized carbons (Fsp3) is 0.625. The minimum absolute atomic E-state index is 1.04. The maximum absolute atomic E-state index is 8.39. The van der Waals surface area contributed by atoms with Crippen LogP contribution in [-0.2, 0) is 0 Å². The van der Waals surface area contributed by atoms with Crippen molar-refractivity contribution in [2.45, 2.75) is 64.7 Å². The molecular weight excluding hydrogens is 208 g/mol. The van der Waals surface area contributed by atoms with Crippen molar-refractivity contribution in [1.29, 1.82) is 0 Å². The van der Waals surface area contributed by atoms with Crippen molar-refractivity contribution < 1.29 is 5.11 Å². The summed E-state index contributed by atoms with van der Waals surface area (Å²) in [6.07, 6.45) is 22.9. The van der Waals surface area contributed by atoms with Crippen LogP contribution < -0.4 is 0 Å². The average Bonchev–Trinajstić information content (AvgIpc) is 2.35. The Bertz CT molecular complexity index is 214. The SMILES string of the molecule is CCCCCCCCCCC=CC=CC=CO. The number of aliphatic hydroxyl groups excluding tert-OH is 1. The predicted octanol–water partition coefficient (Wildman–Crippen LogP) is 5.70. The smallest absolute Gasteiger partial charge is 0.0791 e. The van der Waals surface area contributed by atoms with E-state index < -0.39 is 0 Å². The van der Waals surface area contributed by atoms with Crippen LogP contribution in [0.5, 0.6) is 0 Å². The molecule has 0 saturated carbocycles. The maximum atomic E-state index is 8.39. The molecule has 1 nitrogen and oxygen atoms in total. The molecule has 0 saturated heterocycles. The van der Waals surface area contributed by atoms with Gasteiger partial charge in [-0.3, -0.25) is 0 Å². The van der Waals surface area contributed by atoms with Gasteiger partial charge < -0.3 is 5.11 Å². The molecule has 98 valence electrons. The molecule has 0 heterocycles. The van der Waals surface area contributed by atoms with Crippen LogP contribution in [0.1, 0.15) is 64.7 Å². The molecule has 0 aromatic carbocycles. The molecule has 0 aliphatic heterocycles. The van der Waals surface area contributed by atoms with E-state index in [1.54, 1.807) is 6.08 Å². The topological polar surface area (TPSA) is 20.2 Å². The molecule has 0 amide bonds. The highest BCUT2D eigenvalue weighted by Crippen LogP contribution is 2.09. The summed E-state index contributed by atoms with van der Waals surface area (Å²) in [5.74, 6) is 0. The monoisotopic (exact) mass is 236 g/mol. The lowest BCUT2D eigenvalue weighted by Gasteiger charge is -1.99. The van der Waals surface area contributed by atoms with Crippen molar-refractivity contribution in [2.75, 3.05) is 0 Å². The lowest BCUT2D eigenvalue weighted by Crippen LogP contribution is -1.79. The molecule has 0 atom stereocenters. The molecule has 0 aromatic rings. The largest absolute Gasteiger partial charge is 0.516 e. The van der Waals surface area contributed by atoms with E-state index in [1.165, 1.54) is 57.8 Å². The lowest BCUT2D eigenvalue weighted by atomic mass is 10.1. The first kappa shape index (κ1) is 16.0. The third-order valence-corrected chi connectivity index (χ3v) is 2.78. The number of allylic oxidation sites excluding steroid dienone is 5. The van der Waals surface area contributed by atoms with Crippen molar-refractivity contribution in [3.8, 4) is 0 Å². The highest BCUT2D eigenvalue weighted by molar-refractivity contribution is 5.09. The van der Waals surface area contributed by atoms with Gasteiger partial charge in [0, 0.05) is 0 Å². The summed E-state index contributed by atoms with van der Waals surface area (Å²) in [6, 6.07) is 0. The van der Waals surface area contributed by atoms with Gasteiger partial charge in [-0.15, -0.1) is 0 Å². The van der Waals surface area contributed by atoms with Gasteiger partial charge in [-0.25, -0.2) is 0 Å². The first-order valence-corrected chi connectivity index (χ1v) is 7.04. The molecule has 17 heavy (non-hydrogen) atoms. The van der Waals surface area contributed by atoms with E-state index in [1.807, 2.05) is 18.2 Å². The van der Waals surface area contributed by atoms with Crippen LogP contribution in [0.15, 0.2) is 36.6 Å². The zero-order chi connectivity index (χ0) is 12.6. The Balaban J connectivity index is 3.12. The molecule has 0 rings (SSSR count). The summed E-state index contributed by atoms with van der Waals surface area (Å²) in [5, 5.41) is 8.39. The number of hydrogen-bond acceptors (Lipinski definition) is 1. The van der Waals surface area contributed by atoms with E-state index in [0.29, 0.717) is 0 Å². The van der Waals surface area contributed by atoms with Crippen LogP contribution in [0.25, 0.3) is 0 Å². The quantitative estimate of drug-likeness (QED) is 0.277. The highest BCUT2D eigenvalue weighted by Gasteiger charge is 1.89. The summed E-state index contributed by atoms with van der Waals surface area (Å²) < 4.78 is 0. The predicted molar refractivity (Wildman–Crippen MR) is 77.3 cm³/mol. The summed E-state index contributed by atoms with van der Waals surface area (Å²) in [7, 11) is 0. The van der Waals surface area contributed by atoms with Crippen molar-refractivity contribution in [3.05, 3.63) is 36.6 Å². The normalized spacial score (nSPS) is 12.3. The van der Waals surface area contributed by atoms with Crippen molar-refractivity contribution in [2.24, 2.45) is 0 Å². The van der Waals surface area contributed by atoms with Gasteiger partial charge in [-0.1, -0.05) is 76.2 Å². The molecule has 0 aromatic heterocycles. The number of unbranched alkanes of at least 4 members (excludes halogenated alkanes) is 8. The van der Waals surface area contributed by atoms with Crippen LogP contribution in [0.2, 0.25) is 0 Å². The Hall–Kier alpha value is -0.980. The molecule has 0 fully saturated rings. The van der Waals surface area contributed by atoms with Gasteiger partial charge in [0.15, 0.2) is 0 Å². The van der Waals surface area contributed by atoms with E-state index >= 15 is 0 Å². The summed E-state index contributed by atoms with van der Waals surface area (Å²) in [6.45, 7) is 2.26. The second-order valence-corrected chi connectivity index (χ2v) is 4.42. The molecule has 0 aliphatic carbocycles. The number of rotatable bonds is 11. The number of hydrogen-bond donors (Lipinski definition) is 1. The first-order valence-electron chi connectivity index (χ1n) is 7.04. The standard InChI is InChI=1S/C16H28O/c1-2-3-4-5-6-7-8-9-10-11-12-13-14-15-16-17/h11-17H,2-10H2,1H3. The molecule has 1 N–H and O–H groups in total. The van der Waals surface area contributed by atoms with Crippen molar-refractivity contribution in [3.63, 3.8) is 0 Å². The Morgan fingerprint density at radius 2 is 1.29 bits per heavy atom. The maximum Gasteiger partial charge on any atom is 0.0791 e. The Morgan fingerprint density at radius 1 is 0.706 bits per heavy atom. The molecule has 0 bridgehead atoms. The van der Waals surface area contributed by atoms with Crippen LogP contribution in [-0.4, -0.2) is 5.11 Å². The number of aliphatic hydroxyl groups is 1. The molecule has 0 unspecified atom stereocenters. The third-order valence-electron chi connectivity index (χ3n) is 2.78. The van der Waals surface area contributed by atoms with E-state index in [9.17, 15) is 0 Å². The van der Waals surface area contributed by atoms with Crippen LogP contribution >= 0.6 is 0 Å². The summed E-state index contributed by atoms with van der Waals surface area (Å²) >= 11 is 0. The van der Waals surface area contributed by atoms with Gasteiger partial charge in [0.05, 0.1) is 6.26 Å². The van der Waals surface area contributed by atoms with Gasteiger partial charge >= 0.3 is 0 Å². The molecular formula is C16H28O. The van der Waals surface area contributed by atoms with Gasteiger partial charge in [0.2, 0.25) is 0 Å². The van der Waals surface area contributed by atoms with Crippen LogP contribution in [0.4, 0.5) is 0 Å². The fourth-order valence-electron chi connectivity index (χ4n) is 1.75. The highest BCUT2D eigenvalue weighted by atomic mass is 16.2. The van der Waals surface area contributed by atoms with Crippen LogP contribution in [0.3, 0.4) is 0 Å². The molecule has 0 radical (unpaired) electrons. The Kier molecular flexibility index (Phi) is 14.2. The fourth-order valence-corrected chi connectivity index (χ4v) is 1.75. The zero-order valence-corrected chi connectivity index (χ0v) is 11.3. The Morgan fingerprint density at radius 3 is 1.94 bits per heavy atom. The zero-order valence-electron chi connectivity index (χ0n) is 11.3. The van der Waals surface area contributed by atoms with E-state index in [0.717, 1.165) is 6.26 Å². The molecule has 0 aliphatic rings. The second-order valence-electron chi connectivity index (χ2n) is 4.42. The van der Waals surface area contributed by atoms with Crippen molar-refractivity contribution in [1.82, 2.24) is 0 Å². The Labute approximate surface area is 107 Å². The van der Waals surface area contributed by atoms with Crippen LogP contribution in [0, 0.1) is 0 Å². The minimum Gasteiger partial charge on any atom is -0.516 e. The van der Waals surface area contributed by atoms with E-state index in [2.05, 4.69) is 13.0 Å². The molecule has 1 heteroatoms. The average molecular weight is 236 g/mol. The van der Waals surface area contributed by atoms with Gasteiger partial charge in [-0.2, -0.15) is 0 Å². The van der Waals surface area contributed by atoms with E-state index in [-0.39, 0.29) is 0 Å². The lowest BCUT2D eigenvalue weighted by molar-refractivity contribution is 0.474. The van der Waals surface area contributed by atoms with Gasteiger partial charge in [0.1, 0.15) is 0 Å². The van der Waals surface area contributed by atoms with Gasteiger partial charge in [-0.05, 0) is 18.9 Å². The third kappa shape index (κ3) is 15.0. The van der Waals surface area contributed by atoms with E-state index in [4.69, 9.17) is 5.11 Å². The summed E-state index contributed by atoms with van der Waals surface area (Å²) in [4.78, 5) is 0. The first-order chi connectivity index (χ1) is 8.41. The molecule has 0 spiro atoms. The van der Waals surface area contributed by atoms with Crippen molar-refractivity contribution >= 4 is 0 Å². The second kappa shape index (κ2) is 15.0. The summed E-state index contributed by atoms with van der Waals surface area (Å²) in [5.41, 5.74) is 0. The minimum atomic E-state index is 1.04.